The Morgan fingerprint density at radius 1 is 1.17 bits per heavy atom. The maximum Gasteiger partial charge on any atom is 0.223 e. The quantitative estimate of drug-likeness (QED) is 0.851. The summed E-state index contributed by atoms with van der Waals surface area (Å²) in [6, 6.07) is 16.4. The maximum absolute atomic E-state index is 12.5. The van der Waals surface area contributed by atoms with Gasteiger partial charge >= 0.3 is 0 Å². The standard InChI is InChI=1S/C24H26N2O3/c1-26(23(27)15-17-12-13-25-24(17)28)14-6-10-20-19-8-3-2-7-18(19)16-29-22-11-5-4-9-21(20)22/h2-5,7-11,17H,6,12-16H2,1H3,(H,25,28)/b20-10-. The number of hydrogen-bond acceptors (Lipinski definition) is 3. The van der Waals surface area contributed by atoms with Crippen LogP contribution < -0.4 is 10.1 Å². The van der Waals surface area contributed by atoms with E-state index in [2.05, 4.69) is 29.6 Å². The van der Waals surface area contributed by atoms with Gasteiger partial charge in [-0.15, -0.1) is 0 Å². The number of carbonyl (C=O) groups excluding carboxylic acids is 2. The number of nitrogens with one attached hydrogen (secondary N) is 1. The number of amides is 2. The van der Waals surface area contributed by atoms with Gasteiger partial charge in [0.15, 0.2) is 0 Å². The summed E-state index contributed by atoms with van der Waals surface area (Å²) in [5, 5.41) is 2.79. The zero-order valence-corrected chi connectivity index (χ0v) is 16.7. The second kappa shape index (κ2) is 8.52. The molecular weight excluding hydrogens is 364 g/mol. The van der Waals surface area contributed by atoms with E-state index in [1.807, 2.05) is 37.4 Å². The Morgan fingerprint density at radius 3 is 2.72 bits per heavy atom. The van der Waals surface area contributed by atoms with Crippen LogP contribution >= 0.6 is 0 Å². The molecule has 4 rings (SSSR count). The summed E-state index contributed by atoms with van der Waals surface area (Å²) in [6.45, 7) is 1.84. The molecule has 0 spiro atoms. The van der Waals surface area contributed by atoms with Crippen LogP contribution in [0.4, 0.5) is 0 Å². The van der Waals surface area contributed by atoms with Gasteiger partial charge in [0.25, 0.3) is 0 Å². The fourth-order valence-corrected chi connectivity index (χ4v) is 3.98. The van der Waals surface area contributed by atoms with Crippen LogP contribution in [-0.2, 0) is 16.2 Å². The SMILES string of the molecule is CN(CC/C=C1/c2ccccc2COc2ccccc21)C(=O)CC1CCNC1=O. The molecule has 1 N–H and O–H groups in total. The molecule has 2 aliphatic heterocycles. The van der Waals surface area contributed by atoms with Crippen molar-refractivity contribution in [2.45, 2.75) is 25.9 Å². The van der Waals surface area contributed by atoms with Crippen molar-refractivity contribution in [3.8, 4) is 5.75 Å². The fraction of sp³-hybridized carbons (Fsp3) is 0.333. The molecule has 2 heterocycles. The molecule has 0 saturated carbocycles. The topological polar surface area (TPSA) is 58.6 Å². The molecule has 5 nitrogen and oxygen atoms in total. The van der Waals surface area contributed by atoms with E-state index in [1.165, 1.54) is 5.56 Å². The molecule has 5 heteroatoms. The summed E-state index contributed by atoms with van der Waals surface area (Å²) in [4.78, 5) is 25.9. The predicted octanol–water partition coefficient (Wildman–Crippen LogP) is 3.39. The van der Waals surface area contributed by atoms with Crippen LogP contribution in [0, 0.1) is 5.92 Å². The number of fused-ring (bicyclic) bond motifs is 2. The molecule has 0 bridgehead atoms. The highest BCUT2D eigenvalue weighted by atomic mass is 16.5. The normalized spacial score (nSPS) is 19.0. The Morgan fingerprint density at radius 2 is 1.93 bits per heavy atom. The van der Waals surface area contributed by atoms with Crippen LogP contribution in [0.5, 0.6) is 5.75 Å². The summed E-state index contributed by atoms with van der Waals surface area (Å²) in [5.41, 5.74) is 4.56. The van der Waals surface area contributed by atoms with Gasteiger partial charge in [0, 0.05) is 38.0 Å². The molecule has 2 aliphatic rings. The molecular formula is C24H26N2O3. The average molecular weight is 390 g/mol. The Kier molecular flexibility index (Phi) is 5.65. The first kappa shape index (κ1) is 19.2. The van der Waals surface area contributed by atoms with Gasteiger partial charge in [-0.05, 0) is 35.6 Å². The minimum Gasteiger partial charge on any atom is -0.488 e. The first-order chi connectivity index (χ1) is 14.1. The number of ether oxygens (including phenoxy) is 1. The molecule has 1 fully saturated rings. The second-order valence-electron chi connectivity index (χ2n) is 7.64. The van der Waals surface area contributed by atoms with Crippen molar-refractivity contribution in [1.29, 1.82) is 0 Å². The highest BCUT2D eigenvalue weighted by Crippen LogP contribution is 2.36. The molecule has 150 valence electrons. The third-order valence-electron chi connectivity index (χ3n) is 5.69. The summed E-state index contributed by atoms with van der Waals surface area (Å²) in [6.07, 6.45) is 3.96. The molecule has 2 amide bonds. The Labute approximate surface area is 171 Å². The lowest BCUT2D eigenvalue weighted by molar-refractivity contribution is -0.134. The lowest BCUT2D eigenvalue weighted by Crippen LogP contribution is -2.31. The first-order valence-electron chi connectivity index (χ1n) is 10.2. The summed E-state index contributed by atoms with van der Waals surface area (Å²) in [5.74, 6) is 0.726. The van der Waals surface area contributed by atoms with Crippen molar-refractivity contribution in [3.05, 3.63) is 71.3 Å². The van der Waals surface area contributed by atoms with Gasteiger partial charge in [-0.25, -0.2) is 0 Å². The number of para-hydroxylation sites is 1. The van der Waals surface area contributed by atoms with E-state index in [1.54, 1.807) is 4.90 Å². The minimum absolute atomic E-state index is 0.000498. The summed E-state index contributed by atoms with van der Waals surface area (Å²) >= 11 is 0. The second-order valence-corrected chi connectivity index (χ2v) is 7.64. The van der Waals surface area contributed by atoms with Gasteiger partial charge in [0.05, 0.1) is 0 Å². The molecule has 29 heavy (non-hydrogen) atoms. The lowest BCUT2D eigenvalue weighted by Gasteiger charge is -2.18. The monoisotopic (exact) mass is 390 g/mol. The zero-order chi connectivity index (χ0) is 20.2. The van der Waals surface area contributed by atoms with E-state index in [4.69, 9.17) is 4.74 Å². The Balaban J connectivity index is 1.49. The van der Waals surface area contributed by atoms with Gasteiger partial charge in [-0.1, -0.05) is 48.5 Å². The molecule has 0 radical (unpaired) electrons. The predicted molar refractivity (Wildman–Crippen MR) is 112 cm³/mol. The fourth-order valence-electron chi connectivity index (χ4n) is 3.98. The van der Waals surface area contributed by atoms with Crippen molar-refractivity contribution in [2.24, 2.45) is 5.92 Å². The van der Waals surface area contributed by atoms with Crippen LogP contribution in [0.1, 0.15) is 36.0 Å². The molecule has 2 aromatic rings. The number of nitrogens with zero attached hydrogens (tertiary/aromatic N) is 1. The highest BCUT2D eigenvalue weighted by molar-refractivity contribution is 5.87. The number of carbonyl (C=O) groups is 2. The van der Waals surface area contributed by atoms with Crippen molar-refractivity contribution < 1.29 is 14.3 Å². The van der Waals surface area contributed by atoms with E-state index in [0.29, 0.717) is 26.1 Å². The first-order valence-corrected chi connectivity index (χ1v) is 10.2. The Bertz CT molecular complexity index is 901. The van der Waals surface area contributed by atoms with E-state index < -0.39 is 0 Å². The van der Waals surface area contributed by atoms with Crippen LogP contribution in [0.25, 0.3) is 5.57 Å². The van der Waals surface area contributed by atoms with E-state index in [-0.39, 0.29) is 17.7 Å². The van der Waals surface area contributed by atoms with Crippen LogP contribution in [0.3, 0.4) is 0 Å². The summed E-state index contributed by atoms with van der Waals surface area (Å²) in [7, 11) is 1.81. The summed E-state index contributed by atoms with van der Waals surface area (Å²) < 4.78 is 6.01. The third kappa shape index (κ3) is 4.19. The smallest absolute Gasteiger partial charge is 0.223 e. The molecule has 2 aromatic carbocycles. The molecule has 1 saturated heterocycles. The molecule has 1 unspecified atom stereocenters. The Hall–Kier alpha value is -3.08. The maximum atomic E-state index is 12.5. The van der Waals surface area contributed by atoms with Crippen LogP contribution in [0.15, 0.2) is 54.6 Å². The highest BCUT2D eigenvalue weighted by Gasteiger charge is 2.27. The number of rotatable bonds is 5. The van der Waals surface area contributed by atoms with E-state index >= 15 is 0 Å². The van der Waals surface area contributed by atoms with Crippen molar-refractivity contribution in [2.75, 3.05) is 20.1 Å². The van der Waals surface area contributed by atoms with E-state index in [0.717, 1.165) is 35.3 Å². The van der Waals surface area contributed by atoms with Gasteiger partial charge in [0.2, 0.25) is 11.8 Å². The largest absolute Gasteiger partial charge is 0.488 e. The minimum atomic E-state index is -0.180. The molecule has 0 aromatic heterocycles. The lowest BCUT2D eigenvalue weighted by atomic mass is 9.93. The third-order valence-corrected chi connectivity index (χ3v) is 5.69. The number of hydrogen-bond donors (Lipinski definition) is 1. The van der Waals surface area contributed by atoms with Gasteiger partial charge in [-0.2, -0.15) is 0 Å². The van der Waals surface area contributed by atoms with Crippen molar-refractivity contribution in [3.63, 3.8) is 0 Å². The average Bonchev–Trinajstić information content (AvgIpc) is 3.06. The van der Waals surface area contributed by atoms with Crippen molar-refractivity contribution >= 4 is 17.4 Å². The zero-order valence-electron chi connectivity index (χ0n) is 16.7. The van der Waals surface area contributed by atoms with Gasteiger partial charge in [-0.3, -0.25) is 9.59 Å². The molecule has 0 aliphatic carbocycles. The van der Waals surface area contributed by atoms with Crippen LogP contribution in [-0.4, -0.2) is 36.9 Å². The van der Waals surface area contributed by atoms with Gasteiger partial charge < -0.3 is 15.0 Å². The van der Waals surface area contributed by atoms with Crippen molar-refractivity contribution in [1.82, 2.24) is 10.2 Å². The number of benzene rings is 2. The van der Waals surface area contributed by atoms with Gasteiger partial charge in [0.1, 0.15) is 12.4 Å². The van der Waals surface area contributed by atoms with E-state index in [9.17, 15) is 9.59 Å². The molecule has 1 atom stereocenters. The van der Waals surface area contributed by atoms with Crippen LogP contribution in [0.2, 0.25) is 0 Å².